The minimum Gasteiger partial charge on any atom is -0.486 e. The highest BCUT2D eigenvalue weighted by Gasteiger charge is 2.23. The Morgan fingerprint density at radius 1 is 0.878 bits per heavy atom. The van der Waals surface area contributed by atoms with Gasteiger partial charge in [0.05, 0.1) is 17.9 Å². The van der Waals surface area contributed by atoms with Crippen molar-refractivity contribution in [2.45, 2.75) is 47.1 Å². The van der Waals surface area contributed by atoms with Gasteiger partial charge in [-0.3, -0.25) is 0 Å². The molecule has 0 fully saturated rings. The largest absolute Gasteiger partial charge is 0.486 e. The molecule has 204 valence electrons. The Morgan fingerprint density at radius 3 is 2.39 bits per heavy atom. The molecular formula is C35H33N5O. The van der Waals surface area contributed by atoms with Crippen LogP contribution in [0.4, 0.5) is 5.69 Å². The number of nitrogens with one attached hydrogen (secondary N) is 2. The summed E-state index contributed by atoms with van der Waals surface area (Å²) in [5, 5.41) is 16.5. The molecule has 7 rings (SSSR count). The maximum atomic E-state index is 6.35. The van der Waals surface area contributed by atoms with Gasteiger partial charge in [0.1, 0.15) is 17.9 Å². The van der Waals surface area contributed by atoms with Crippen LogP contribution in [0.25, 0.3) is 54.8 Å². The van der Waals surface area contributed by atoms with Crippen molar-refractivity contribution in [3.05, 3.63) is 90.2 Å². The SMILES string of the molecule is C=C(Nc1c(C)c2cnncc2c2cc(-c3ccc4c(c3)COc3c-4ccc4[nH]c(C(C)C)nc34)ccc12)C(C)C. The lowest BCUT2D eigenvalue weighted by Crippen LogP contribution is -2.07. The Hall–Kier alpha value is -4.71. The first kappa shape index (κ1) is 25.3. The number of anilines is 1. The molecule has 1 aliphatic rings. The van der Waals surface area contributed by atoms with Gasteiger partial charge in [0.15, 0.2) is 5.75 Å². The molecule has 0 amide bonds. The van der Waals surface area contributed by atoms with Crippen molar-refractivity contribution in [2.75, 3.05) is 5.32 Å². The number of aryl methyl sites for hydroxylation is 1. The fourth-order valence-corrected chi connectivity index (χ4v) is 5.81. The number of imidazole rings is 1. The van der Waals surface area contributed by atoms with Crippen LogP contribution in [0.2, 0.25) is 0 Å². The summed E-state index contributed by atoms with van der Waals surface area (Å²) in [5.74, 6) is 2.49. The molecule has 0 saturated carbocycles. The Labute approximate surface area is 239 Å². The molecule has 1 aliphatic heterocycles. The van der Waals surface area contributed by atoms with Crippen molar-refractivity contribution in [1.82, 2.24) is 20.2 Å². The topological polar surface area (TPSA) is 75.7 Å². The van der Waals surface area contributed by atoms with E-state index in [0.29, 0.717) is 18.4 Å². The zero-order valence-corrected chi connectivity index (χ0v) is 24.1. The zero-order chi connectivity index (χ0) is 28.4. The molecule has 0 saturated heterocycles. The number of aromatic amines is 1. The Bertz CT molecular complexity index is 2020. The molecule has 4 aromatic carbocycles. The van der Waals surface area contributed by atoms with Gasteiger partial charge >= 0.3 is 0 Å². The number of ether oxygens (including phenoxy) is 1. The van der Waals surface area contributed by atoms with Crippen molar-refractivity contribution < 1.29 is 4.74 Å². The molecule has 0 bridgehead atoms. The number of rotatable bonds is 5. The standard InChI is InChI=1S/C35H33N5O/c1-18(2)21(6)38-32-20(5)29-15-36-37-16-30(29)28-14-23(8-10-26(28)32)22-7-9-25-24(13-22)17-41-34-27(25)11-12-31-33(34)40-35(39-31)19(3)4/h7-16,18-19,38H,6,17H2,1-5H3,(H,39,40). The number of hydrogen-bond donors (Lipinski definition) is 2. The maximum absolute atomic E-state index is 6.35. The van der Waals surface area contributed by atoms with E-state index in [2.05, 4.69) is 110 Å². The van der Waals surface area contributed by atoms with Crippen LogP contribution in [-0.4, -0.2) is 20.2 Å². The fourth-order valence-electron chi connectivity index (χ4n) is 5.81. The first-order valence-electron chi connectivity index (χ1n) is 14.2. The van der Waals surface area contributed by atoms with Crippen LogP contribution < -0.4 is 10.1 Å². The van der Waals surface area contributed by atoms with Crippen LogP contribution in [0, 0.1) is 12.8 Å². The van der Waals surface area contributed by atoms with Gasteiger partial charge in [-0.15, -0.1) is 0 Å². The van der Waals surface area contributed by atoms with Gasteiger partial charge in [0, 0.05) is 39.0 Å². The molecule has 2 N–H and O–H groups in total. The smallest absolute Gasteiger partial charge is 0.155 e. The summed E-state index contributed by atoms with van der Waals surface area (Å²) in [6.07, 6.45) is 3.72. The van der Waals surface area contributed by atoms with Crippen LogP contribution in [-0.2, 0) is 6.61 Å². The molecule has 6 aromatic rings. The van der Waals surface area contributed by atoms with E-state index in [0.717, 1.165) is 77.8 Å². The average molecular weight is 540 g/mol. The monoisotopic (exact) mass is 539 g/mol. The van der Waals surface area contributed by atoms with E-state index in [1.54, 1.807) is 0 Å². The highest BCUT2D eigenvalue weighted by Crippen LogP contribution is 2.44. The first-order valence-corrected chi connectivity index (χ1v) is 14.2. The normalized spacial score (nSPS) is 12.7. The predicted molar refractivity (Wildman–Crippen MR) is 168 cm³/mol. The van der Waals surface area contributed by atoms with Gasteiger partial charge in [0.2, 0.25) is 0 Å². The molecule has 0 aliphatic carbocycles. The summed E-state index contributed by atoms with van der Waals surface area (Å²) in [4.78, 5) is 8.30. The second kappa shape index (κ2) is 9.44. The van der Waals surface area contributed by atoms with E-state index >= 15 is 0 Å². The third kappa shape index (κ3) is 4.05. The lowest BCUT2D eigenvalue weighted by Gasteiger charge is -2.22. The minimum atomic E-state index is 0.319. The number of H-pyrrole nitrogens is 1. The molecule has 0 atom stereocenters. The number of aromatic nitrogens is 4. The molecule has 41 heavy (non-hydrogen) atoms. The molecule has 3 heterocycles. The number of allylic oxidation sites excluding steroid dienone is 1. The third-order valence-electron chi connectivity index (χ3n) is 8.35. The number of nitrogens with zero attached hydrogens (tertiary/aromatic N) is 3. The second-order valence-electron chi connectivity index (χ2n) is 11.7. The number of benzene rings is 4. The van der Waals surface area contributed by atoms with Crippen LogP contribution >= 0.6 is 0 Å². The molecule has 2 aromatic heterocycles. The van der Waals surface area contributed by atoms with Crippen molar-refractivity contribution in [1.29, 1.82) is 0 Å². The first-order chi connectivity index (χ1) is 19.8. The van der Waals surface area contributed by atoms with E-state index in [1.807, 2.05) is 12.4 Å². The van der Waals surface area contributed by atoms with Crippen molar-refractivity contribution >= 4 is 38.3 Å². The molecule has 6 nitrogen and oxygen atoms in total. The lowest BCUT2D eigenvalue weighted by molar-refractivity contribution is 0.305. The van der Waals surface area contributed by atoms with Gasteiger partial charge < -0.3 is 15.0 Å². The third-order valence-corrected chi connectivity index (χ3v) is 8.35. The summed E-state index contributed by atoms with van der Waals surface area (Å²) in [6.45, 7) is 15.5. The fraction of sp³-hybridized carbons (Fsp3) is 0.229. The zero-order valence-electron chi connectivity index (χ0n) is 24.1. The number of hydrogen-bond acceptors (Lipinski definition) is 5. The van der Waals surface area contributed by atoms with Crippen molar-refractivity contribution in [3.63, 3.8) is 0 Å². The van der Waals surface area contributed by atoms with E-state index in [1.165, 1.54) is 11.1 Å². The van der Waals surface area contributed by atoms with Crippen LogP contribution in [0.1, 0.15) is 50.6 Å². The Morgan fingerprint density at radius 2 is 1.61 bits per heavy atom. The quantitative estimate of drug-likeness (QED) is 0.214. The van der Waals surface area contributed by atoms with Crippen molar-refractivity contribution in [3.8, 4) is 28.0 Å². The predicted octanol–water partition coefficient (Wildman–Crippen LogP) is 8.90. The van der Waals surface area contributed by atoms with Crippen LogP contribution in [0.15, 0.2) is 73.2 Å². The minimum absolute atomic E-state index is 0.319. The molecule has 6 heteroatoms. The van der Waals surface area contributed by atoms with E-state index in [-0.39, 0.29) is 0 Å². The van der Waals surface area contributed by atoms with Gasteiger partial charge in [-0.1, -0.05) is 58.5 Å². The van der Waals surface area contributed by atoms with Crippen LogP contribution in [0.5, 0.6) is 5.75 Å². The van der Waals surface area contributed by atoms with Gasteiger partial charge in [0.25, 0.3) is 0 Å². The summed E-state index contributed by atoms with van der Waals surface area (Å²) in [5.41, 5.74) is 10.9. The lowest BCUT2D eigenvalue weighted by atomic mass is 9.91. The Kier molecular flexibility index (Phi) is 5.82. The Balaban J connectivity index is 1.34. The molecule has 0 radical (unpaired) electrons. The van der Waals surface area contributed by atoms with Gasteiger partial charge in [-0.25, -0.2) is 4.98 Å². The van der Waals surface area contributed by atoms with E-state index < -0.39 is 0 Å². The summed E-state index contributed by atoms with van der Waals surface area (Å²) in [7, 11) is 0. The van der Waals surface area contributed by atoms with Gasteiger partial charge in [-0.2, -0.15) is 10.2 Å². The number of fused-ring (bicyclic) bond motifs is 8. The molecule has 0 unspecified atom stereocenters. The molecule has 0 spiro atoms. The summed E-state index contributed by atoms with van der Waals surface area (Å²) < 4.78 is 6.35. The average Bonchev–Trinajstić information content (AvgIpc) is 3.44. The highest BCUT2D eigenvalue weighted by molar-refractivity contribution is 6.15. The van der Waals surface area contributed by atoms with Crippen molar-refractivity contribution in [2.24, 2.45) is 5.92 Å². The van der Waals surface area contributed by atoms with Gasteiger partial charge in [-0.05, 0) is 70.3 Å². The summed E-state index contributed by atoms with van der Waals surface area (Å²) in [6, 6.07) is 17.6. The van der Waals surface area contributed by atoms with Crippen LogP contribution in [0.3, 0.4) is 0 Å². The maximum Gasteiger partial charge on any atom is 0.155 e. The van der Waals surface area contributed by atoms with E-state index in [9.17, 15) is 0 Å². The van der Waals surface area contributed by atoms with E-state index in [4.69, 9.17) is 9.72 Å². The second-order valence-corrected chi connectivity index (χ2v) is 11.7. The summed E-state index contributed by atoms with van der Waals surface area (Å²) >= 11 is 0. The highest BCUT2D eigenvalue weighted by atomic mass is 16.5. The molecular weight excluding hydrogens is 506 g/mol.